The molecule has 2 rings (SSSR count). The van der Waals surface area contributed by atoms with Crippen molar-refractivity contribution in [3.63, 3.8) is 0 Å². The van der Waals surface area contributed by atoms with E-state index in [1.54, 1.807) is 0 Å². The summed E-state index contributed by atoms with van der Waals surface area (Å²) in [4.78, 5) is 12.2. The molecule has 3 nitrogen and oxygen atoms in total. The van der Waals surface area contributed by atoms with Crippen molar-refractivity contribution in [2.45, 2.75) is 57.5 Å². The van der Waals surface area contributed by atoms with Gasteiger partial charge in [-0.25, -0.2) is 0 Å². The van der Waals surface area contributed by atoms with Gasteiger partial charge < -0.3 is 11.1 Å². The molecular weight excluding hydrogens is 248 g/mol. The van der Waals surface area contributed by atoms with Gasteiger partial charge in [-0.05, 0) is 37.2 Å². The number of hydrogen-bond acceptors (Lipinski definition) is 2. The Labute approximate surface area is 121 Å². The Bertz CT molecular complexity index is 418. The van der Waals surface area contributed by atoms with Crippen molar-refractivity contribution < 1.29 is 4.79 Å². The molecule has 0 heterocycles. The van der Waals surface area contributed by atoms with E-state index < -0.39 is 6.04 Å². The van der Waals surface area contributed by atoms with Gasteiger partial charge in [-0.15, -0.1) is 0 Å². The van der Waals surface area contributed by atoms with Gasteiger partial charge in [0, 0.05) is 6.04 Å². The van der Waals surface area contributed by atoms with Crippen molar-refractivity contribution in [1.82, 2.24) is 5.32 Å². The van der Waals surface area contributed by atoms with E-state index >= 15 is 0 Å². The van der Waals surface area contributed by atoms with Crippen LogP contribution in [0.4, 0.5) is 0 Å². The van der Waals surface area contributed by atoms with E-state index in [1.807, 2.05) is 30.3 Å². The summed E-state index contributed by atoms with van der Waals surface area (Å²) in [6.45, 7) is 2.30. The molecule has 1 aromatic rings. The summed E-state index contributed by atoms with van der Waals surface area (Å²) >= 11 is 0. The number of rotatable bonds is 4. The first-order valence-corrected chi connectivity index (χ1v) is 7.75. The molecule has 1 aliphatic carbocycles. The smallest absolute Gasteiger partial charge is 0.237 e. The van der Waals surface area contributed by atoms with E-state index in [0.717, 1.165) is 24.3 Å². The molecule has 1 aliphatic rings. The average molecular weight is 274 g/mol. The van der Waals surface area contributed by atoms with Crippen molar-refractivity contribution in [2.75, 3.05) is 0 Å². The molecule has 1 amide bonds. The largest absolute Gasteiger partial charge is 0.352 e. The normalized spacial score (nSPS) is 24.7. The van der Waals surface area contributed by atoms with Gasteiger partial charge >= 0.3 is 0 Å². The lowest BCUT2D eigenvalue weighted by molar-refractivity contribution is -0.123. The molecule has 3 heteroatoms. The molecule has 3 N–H and O–H groups in total. The monoisotopic (exact) mass is 274 g/mol. The first kappa shape index (κ1) is 15.0. The molecule has 110 valence electrons. The molecule has 0 saturated heterocycles. The van der Waals surface area contributed by atoms with Crippen LogP contribution in [-0.2, 0) is 11.2 Å². The predicted octanol–water partition coefficient (Wildman–Crippen LogP) is 2.64. The number of carbonyl (C=O) groups excluding carboxylic acids is 1. The lowest BCUT2D eigenvalue weighted by atomic mass is 10.0. The van der Waals surface area contributed by atoms with Crippen LogP contribution >= 0.6 is 0 Å². The minimum Gasteiger partial charge on any atom is -0.352 e. The molecule has 0 bridgehead atoms. The third-order valence-electron chi connectivity index (χ3n) is 4.24. The molecule has 1 saturated carbocycles. The Hall–Kier alpha value is -1.35. The van der Waals surface area contributed by atoms with Gasteiger partial charge in [0.05, 0.1) is 6.04 Å². The predicted molar refractivity (Wildman–Crippen MR) is 82.3 cm³/mol. The summed E-state index contributed by atoms with van der Waals surface area (Å²) < 4.78 is 0. The first-order chi connectivity index (χ1) is 9.65. The second-order valence-electron chi connectivity index (χ2n) is 6.12. The van der Waals surface area contributed by atoms with Crippen LogP contribution in [-0.4, -0.2) is 18.0 Å². The lowest BCUT2D eigenvalue weighted by Crippen LogP contribution is -2.46. The van der Waals surface area contributed by atoms with Gasteiger partial charge in [-0.3, -0.25) is 4.79 Å². The first-order valence-electron chi connectivity index (χ1n) is 7.75. The van der Waals surface area contributed by atoms with Crippen molar-refractivity contribution in [3.8, 4) is 0 Å². The summed E-state index contributed by atoms with van der Waals surface area (Å²) in [6, 6.07) is 9.83. The van der Waals surface area contributed by atoms with Crippen LogP contribution in [0, 0.1) is 5.92 Å². The molecule has 0 aromatic heterocycles. The van der Waals surface area contributed by atoms with Gasteiger partial charge in [-0.1, -0.05) is 50.1 Å². The summed E-state index contributed by atoms with van der Waals surface area (Å²) in [5, 5.41) is 3.14. The number of hydrogen-bond donors (Lipinski definition) is 2. The Morgan fingerprint density at radius 1 is 1.25 bits per heavy atom. The second kappa shape index (κ2) is 7.44. The Balaban J connectivity index is 1.81. The Morgan fingerprint density at radius 3 is 2.75 bits per heavy atom. The molecule has 0 spiro atoms. The molecule has 2 unspecified atom stereocenters. The zero-order valence-electron chi connectivity index (χ0n) is 12.3. The molecule has 20 heavy (non-hydrogen) atoms. The third kappa shape index (κ3) is 4.64. The maximum absolute atomic E-state index is 12.2. The Morgan fingerprint density at radius 2 is 2.00 bits per heavy atom. The van der Waals surface area contributed by atoms with E-state index in [4.69, 9.17) is 5.73 Å². The number of amides is 1. The van der Waals surface area contributed by atoms with Crippen LogP contribution in [0.15, 0.2) is 30.3 Å². The highest BCUT2D eigenvalue weighted by Gasteiger charge is 2.21. The van der Waals surface area contributed by atoms with Gasteiger partial charge in [0.25, 0.3) is 0 Å². The molecule has 1 fully saturated rings. The van der Waals surface area contributed by atoms with Crippen LogP contribution in [0.3, 0.4) is 0 Å². The minimum atomic E-state index is -0.446. The number of nitrogens with two attached hydrogens (primary N) is 1. The van der Waals surface area contributed by atoms with Crippen LogP contribution in [0.1, 0.15) is 44.6 Å². The van der Waals surface area contributed by atoms with Crippen LogP contribution < -0.4 is 11.1 Å². The van der Waals surface area contributed by atoms with Crippen molar-refractivity contribution >= 4 is 5.91 Å². The molecule has 0 radical (unpaired) electrons. The quantitative estimate of drug-likeness (QED) is 0.829. The van der Waals surface area contributed by atoms with E-state index in [2.05, 4.69) is 12.2 Å². The SMILES string of the molecule is CC1CCCC(NC(=O)[C@H](N)Cc2ccccc2)CC1. The fourth-order valence-corrected chi connectivity index (χ4v) is 2.90. The maximum atomic E-state index is 12.2. The maximum Gasteiger partial charge on any atom is 0.237 e. The summed E-state index contributed by atoms with van der Waals surface area (Å²) in [5.74, 6) is 0.781. The standard InChI is InChI=1S/C17H26N2O/c1-13-6-5-9-15(11-10-13)19-17(20)16(18)12-14-7-3-2-4-8-14/h2-4,7-8,13,15-16H,5-6,9-12,18H2,1H3,(H,19,20)/t13?,15?,16-/m1/s1. The van der Waals surface area contributed by atoms with Crippen LogP contribution in [0.2, 0.25) is 0 Å². The van der Waals surface area contributed by atoms with Gasteiger partial charge in [0.2, 0.25) is 5.91 Å². The van der Waals surface area contributed by atoms with E-state index in [9.17, 15) is 4.79 Å². The highest BCUT2D eigenvalue weighted by atomic mass is 16.2. The molecule has 0 aliphatic heterocycles. The number of carbonyl (C=O) groups is 1. The average Bonchev–Trinajstić information content (AvgIpc) is 2.65. The summed E-state index contributed by atoms with van der Waals surface area (Å²) in [6.07, 6.45) is 6.48. The highest BCUT2D eigenvalue weighted by Crippen LogP contribution is 2.22. The molecule has 3 atom stereocenters. The lowest BCUT2D eigenvalue weighted by Gasteiger charge is -2.19. The van der Waals surface area contributed by atoms with Crippen LogP contribution in [0.5, 0.6) is 0 Å². The number of nitrogens with one attached hydrogen (secondary N) is 1. The van der Waals surface area contributed by atoms with E-state index in [1.165, 1.54) is 19.3 Å². The zero-order chi connectivity index (χ0) is 14.4. The second-order valence-corrected chi connectivity index (χ2v) is 6.12. The van der Waals surface area contributed by atoms with Gasteiger partial charge in [0.15, 0.2) is 0 Å². The Kier molecular flexibility index (Phi) is 5.60. The summed E-state index contributed by atoms with van der Waals surface area (Å²) in [7, 11) is 0. The number of benzene rings is 1. The molecule has 1 aromatic carbocycles. The zero-order valence-corrected chi connectivity index (χ0v) is 12.3. The highest BCUT2D eigenvalue weighted by molar-refractivity contribution is 5.82. The fourth-order valence-electron chi connectivity index (χ4n) is 2.90. The van der Waals surface area contributed by atoms with E-state index in [-0.39, 0.29) is 5.91 Å². The molecular formula is C17H26N2O. The van der Waals surface area contributed by atoms with Crippen molar-refractivity contribution in [2.24, 2.45) is 11.7 Å². The van der Waals surface area contributed by atoms with Gasteiger partial charge in [0.1, 0.15) is 0 Å². The van der Waals surface area contributed by atoms with Crippen molar-refractivity contribution in [1.29, 1.82) is 0 Å². The summed E-state index contributed by atoms with van der Waals surface area (Å²) in [5.41, 5.74) is 7.14. The van der Waals surface area contributed by atoms with Gasteiger partial charge in [-0.2, -0.15) is 0 Å². The fraction of sp³-hybridized carbons (Fsp3) is 0.588. The topological polar surface area (TPSA) is 55.1 Å². The van der Waals surface area contributed by atoms with E-state index in [0.29, 0.717) is 12.5 Å². The third-order valence-corrected chi connectivity index (χ3v) is 4.24. The van der Waals surface area contributed by atoms with Crippen LogP contribution in [0.25, 0.3) is 0 Å². The van der Waals surface area contributed by atoms with Crippen molar-refractivity contribution in [3.05, 3.63) is 35.9 Å². The minimum absolute atomic E-state index is 0.00611.